The van der Waals surface area contributed by atoms with Crippen LogP contribution in [0.3, 0.4) is 0 Å². The summed E-state index contributed by atoms with van der Waals surface area (Å²) in [6.45, 7) is 3.84. The van der Waals surface area contributed by atoms with Gasteiger partial charge in [0, 0.05) is 6.42 Å². The second-order valence-electron chi connectivity index (χ2n) is 9.22. The number of aliphatic carboxylic acids is 1. The van der Waals surface area contributed by atoms with Crippen molar-refractivity contribution >= 4 is 17.6 Å². The Bertz CT molecular complexity index is 1030. The summed E-state index contributed by atoms with van der Waals surface area (Å²) in [4.78, 5) is 24.3. The van der Waals surface area contributed by atoms with Gasteiger partial charge < -0.3 is 15.2 Å². The molecule has 0 spiro atoms. The molecule has 1 aliphatic rings. The Labute approximate surface area is 203 Å². The largest absolute Gasteiger partial charge is 0.491 e. The molecule has 1 amide bonds. The second kappa shape index (κ2) is 11.6. The molecule has 0 aliphatic heterocycles. The van der Waals surface area contributed by atoms with E-state index in [0.717, 1.165) is 35.1 Å². The van der Waals surface area contributed by atoms with Crippen LogP contribution in [-0.4, -0.2) is 29.8 Å². The lowest BCUT2D eigenvalue weighted by Gasteiger charge is -2.19. The molecule has 2 N–H and O–H groups in total. The van der Waals surface area contributed by atoms with Crippen LogP contribution in [0.25, 0.3) is 0 Å². The summed E-state index contributed by atoms with van der Waals surface area (Å²) in [6, 6.07) is 11.2. The highest BCUT2D eigenvalue weighted by atomic mass is 19.4. The molecular formula is C27H32F3NO4. The average Bonchev–Trinajstić information content (AvgIpc) is 3.58. The van der Waals surface area contributed by atoms with Gasteiger partial charge in [-0.25, -0.2) is 0 Å². The van der Waals surface area contributed by atoms with Crippen molar-refractivity contribution in [2.75, 3.05) is 11.9 Å². The van der Waals surface area contributed by atoms with Crippen molar-refractivity contribution < 1.29 is 32.6 Å². The zero-order chi connectivity index (χ0) is 25.6. The number of hydrogen-bond donors (Lipinski definition) is 2. The lowest BCUT2D eigenvalue weighted by atomic mass is 9.99. The maximum Gasteiger partial charge on any atom is 0.389 e. The molecule has 0 heterocycles. The van der Waals surface area contributed by atoms with Crippen LogP contribution in [0, 0.1) is 12.8 Å². The zero-order valence-electron chi connectivity index (χ0n) is 20.1. The number of halogens is 3. The summed E-state index contributed by atoms with van der Waals surface area (Å²) >= 11 is 0. The van der Waals surface area contributed by atoms with Crippen LogP contribution in [0.1, 0.15) is 67.2 Å². The number of benzene rings is 2. The maximum atomic E-state index is 12.9. The van der Waals surface area contributed by atoms with Crippen molar-refractivity contribution in [2.45, 2.75) is 70.9 Å². The van der Waals surface area contributed by atoms with Gasteiger partial charge in [0.2, 0.25) is 5.91 Å². The van der Waals surface area contributed by atoms with Crippen molar-refractivity contribution in [1.29, 1.82) is 0 Å². The van der Waals surface area contributed by atoms with E-state index in [1.807, 2.05) is 44.2 Å². The number of aryl methyl sites for hydroxylation is 2. The molecular weight excluding hydrogens is 459 g/mol. The fourth-order valence-corrected chi connectivity index (χ4v) is 4.11. The minimum Gasteiger partial charge on any atom is -0.491 e. The quantitative estimate of drug-likeness (QED) is 0.336. The molecule has 5 nitrogen and oxygen atoms in total. The lowest BCUT2D eigenvalue weighted by Crippen LogP contribution is -2.17. The van der Waals surface area contributed by atoms with E-state index in [2.05, 4.69) is 5.32 Å². The van der Waals surface area contributed by atoms with E-state index in [4.69, 9.17) is 4.74 Å². The number of unbranched alkanes of at least 4 members (excludes halogenated alkanes) is 1. The van der Waals surface area contributed by atoms with Crippen LogP contribution in [0.2, 0.25) is 0 Å². The zero-order valence-corrected chi connectivity index (χ0v) is 20.1. The van der Waals surface area contributed by atoms with Gasteiger partial charge in [0.1, 0.15) is 5.75 Å². The Morgan fingerprint density at radius 1 is 1.14 bits per heavy atom. The first-order valence-corrected chi connectivity index (χ1v) is 12.0. The Hall–Kier alpha value is -3.03. The van der Waals surface area contributed by atoms with Crippen LogP contribution < -0.4 is 10.1 Å². The topological polar surface area (TPSA) is 75.6 Å². The van der Waals surface area contributed by atoms with Gasteiger partial charge in [-0.1, -0.05) is 49.2 Å². The van der Waals surface area contributed by atoms with Gasteiger partial charge >= 0.3 is 12.1 Å². The third kappa shape index (κ3) is 8.01. The Morgan fingerprint density at radius 2 is 1.86 bits per heavy atom. The number of hydrogen-bond acceptors (Lipinski definition) is 3. The van der Waals surface area contributed by atoms with Crippen molar-refractivity contribution in [3.8, 4) is 5.75 Å². The molecule has 190 valence electrons. The molecule has 1 saturated carbocycles. The predicted molar refractivity (Wildman–Crippen MR) is 128 cm³/mol. The highest BCUT2D eigenvalue weighted by molar-refractivity contribution is 5.94. The molecule has 35 heavy (non-hydrogen) atoms. The molecule has 0 radical (unpaired) electrons. The molecule has 3 rings (SSSR count). The molecule has 0 aromatic heterocycles. The number of alkyl halides is 3. The number of carbonyl (C=O) groups excluding carboxylic acids is 1. The van der Waals surface area contributed by atoms with Gasteiger partial charge in [0.05, 0.1) is 24.6 Å². The number of carboxylic acid groups (broad SMARTS) is 1. The van der Waals surface area contributed by atoms with Gasteiger partial charge in [-0.3, -0.25) is 9.59 Å². The van der Waals surface area contributed by atoms with E-state index >= 15 is 0 Å². The minimum atomic E-state index is -4.26. The van der Waals surface area contributed by atoms with Crippen molar-refractivity contribution in [1.82, 2.24) is 0 Å². The SMILES string of the molecule is CCCCc1cc([C@@H]2C[C@@H]2C(=O)O)cc(NC(=O)Cc2ccc(C)cc2)c1OCCCC(F)(F)F. The van der Waals surface area contributed by atoms with Crippen molar-refractivity contribution in [3.63, 3.8) is 0 Å². The van der Waals surface area contributed by atoms with E-state index in [9.17, 15) is 27.9 Å². The third-order valence-corrected chi connectivity index (χ3v) is 6.13. The number of carboxylic acids is 1. The van der Waals surface area contributed by atoms with Gasteiger partial charge in [0.15, 0.2) is 0 Å². The summed E-state index contributed by atoms with van der Waals surface area (Å²) in [6.07, 6.45) is -2.42. The highest BCUT2D eigenvalue weighted by Gasteiger charge is 2.44. The first-order valence-electron chi connectivity index (χ1n) is 12.0. The summed E-state index contributed by atoms with van der Waals surface area (Å²) in [5, 5.41) is 12.3. The van der Waals surface area contributed by atoms with E-state index in [1.54, 1.807) is 6.07 Å². The lowest BCUT2D eigenvalue weighted by molar-refractivity contribution is -0.139. The van der Waals surface area contributed by atoms with Crippen LogP contribution in [-0.2, 0) is 22.4 Å². The molecule has 1 fully saturated rings. The third-order valence-electron chi connectivity index (χ3n) is 6.13. The summed E-state index contributed by atoms with van der Waals surface area (Å²) < 4.78 is 43.6. The molecule has 2 aromatic rings. The summed E-state index contributed by atoms with van der Waals surface area (Å²) in [7, 11) is 0. The Kier molecular flexibility index (Phi) is 8.81. The fourth-order valence-electron chi connectivity index (χ4n) is 4.11. The minimum absolute atomic E-state index is 0.128. The van der Waals surface area contributed by atoms with E-state index < -0.39 is 24.5 Å². The van der Waals surface area contributed by atoms with Gasteiger partial charge in [-0.15, -0.1) is 0 Å². The Balaban J connectivity index is 1.87. The molecule has 2 aromatic carbocycles. The Morgan fingerprint density at radius 3 is 2.46 bits per heavy atom. The molecule has 0 unspecified atom stereocenters. The van der Waals surface area contributed by atoms with Crippen LogP contribution in [0.5, 0.6) is 5.75 Å². The molecule has 1 aliphatic carbocycles. The van der Waals surface area contributed by atoms with Crippen molar-refractivity contribution in [3.05, 3.63) is 58.7 Å². The fraction of sp³-hybridized carbons (Fsp3) is 0.481. The number of ether oxygens (including phenoxy) is 1. The van der Waals surface area contributed by atoms with E-state index in [0.29, 0.717) is 24.3 Å². The van der Waals surface area contributed by atoms with Crippen molar-refractivity contribution in [2.24, 2.45) is 5.92 Å². The molecule has 8 heteroatoms. The molecule has 0 bridgehead atoms. The number of amides is 1. The smallest absolute Gasteiger partial charge is 0.389 e. The van der Waals surface area contributed by atoms with E-state index in [1.165, 1.54) is 0 Å². The number of carbonyl (C=O) groups is 2. The standard InChI is InChI=1S/C27H32F3NO4/c1-3-4-6-19-14-20(21-16-22(21)26(33)34)15-23(25(19)35-12-5-11-27(28,29)30)31-24(32)13-18-9-7-17(2)8-10-18/h7-10,14-15,21-22H,3-6,11-13,16H2,1-2H3,(H,31,32)(H,33,34)/t21-,22-/m0/s1. The number of anilines is 1. The van der Waals surface area contributed by atoms with Gasteiger partial charge in [-0.05, 0) is 61.3 Å². The number of rotatable bonds is 12. The van der Waals surface area contributed by atoms with Crippen LogP contribution >= 0.6 is 0 Å². The summed E-state index contributed by atoms with van der Waals surface area (Å²) in [5.41, 5.74) is 3.87. The van der Waals surface area contributed by atoms with E-state index in [-0.39, 0.29) is 31.3 Å². The van der Waals surface area contributed by atoms with Gasteiger partial charge in [0.25, 0.3) is 0 Å². The normalized spacial score (nSPS) is 17.2. The monoisotopic (exact) mass is 491 g/mol. The van der Waals surface area contributed by atoms with Crippen LogP contribution in [0.4, 0.5) is 18.9 Å². The number of nitrogens with one attached hydrogen (secondary N) is 1. The predicted octanol–water partition coefficient (Wildman–Crippen LogP) is 6.43. The first kappa shape index (κ1) is 26.6. The first-order chi connectivity index (χ1) is 16.6. The summed E-state index contributed by atoms with van der Waals surface area (Å²) in [5.74, 6) is -1.39. The molecule has 0 saturated heterocycles. The van der Waals surface area contributed by atoms with Gasteiger partial charge in [-0.2, -0.15) is 13.2 Å². The maximum absolute atomic E-state index is 12.9. The average molecular weight is 492 g/mol. The second-order valence-corrected chi connectivity index (χ2v) is 9.22. The highest BCUT2D eigenvalue weighted by Crippen LogP contribution is 2.49. The molecule has 2 atom stereocenters. The van der Waals surface area contributed by atoms with Crippen LogP contribution in [0.15, 0.2) is 36.4 Å².